The van der Waals surface area contributed by atoms with Gasteiger partial charge in [0.25, 0.3) is 0 Å². The second kappa shape index (κ2) is 10.6. The summed E-state index contributed by atoms with van der Waals surface area (Å²) in [5.41, 5.74) is 0. The highest BCUT2D eigenvalue weighted by atomic mass is 16.5. The van der Waals surface area contributed by atoms with Crippen LogP contribution in [-0.4, -0.2) is 54.4 Å². The molecule has 1 atom stereocenters. The smallest absolute Gasteiger partial charge is 0.317 e. The molecule has 2 amide bonds. The molecule has 0 fully saturated rings. The predicted octanol–water partition coefficient (Wildman–Crippen LogP) is 1.70. The summed E-state index contributed by atoms with van der Waals surface area (Å²) < 4.78 is 5.31. The zero-order valence-corrected chi connectivity index (χ0v) is 12.1. The molecule has 2 N–H and O–H groups in total. The van der Waals surface area contributed by atoms with Gasteiger partial charge in [0.2, 0.25) is 0 Å². The number of ether oxygens (including phenoxy) is 1. The number of carboxylic acid groups (broad SMARTS) is 1. The van der Waals surface area contributed by atoms with Crippen LogP contribution >= 0.6 is 0 Å². The second-order valence-electron chi connectivity index (χ2n) is 4.43. The zero-order chi connectivity index (χ0) is 14.7. The molecule has 0 bridgehead atoms. The maximum absolute atomic E-state index is 11.9. The van der Waals surface area contributed by atoms with Crippen LogP contribution in [0.15, 0.2) is 0 Å². The minimum Gasteiger partial charge on any atom is -0.481 e. The van der Waals surface area contributed by atoms with Crippen molar-refractivity contribution in [3.63, 3.8) is 0 Å². The largest absolute Gasteiger partial charge is 0.481 e. The van der Waals surface area contributed by atoms with Gasteiger partial charge in [0.15, 0.2) is 0 Å². The molecule has 0 aliphatic carbocycles. The molecule has 0 saturated heterocycles. The van der Waals surface area contributed by atoms with E-state index in [9.17, 15) is 9.59 Å². The average Bonchev–Trinajstić information content (AvgIpc) is 2.33. The van der Waals surface area contributed by atoms with Crippen molar-refractivity contribution in [2.75, 3.05) is 26.3 Å². The number of nitrogens with one attached hydrogen (secondary N) is 1. The number of hydrogen-bond donors (Lipinski definition) is 2. The minimum atomic E-state index is -0.897. The van der Waals surface area contributed by atoms with Crippen molar-refractivity contribution in [3.8, 4) is 0 Å². The molecule has 6 nitrogen and oxygen atoms in total. The van der Waals surface area contributed by atoms with E-state index in [0.29, 0.717) is 19.7 Å². The first kappa shape index (κ1) is 17.7. The number of nitrogens with zero attached hydrogens (tertiary/aromatic N) is 1. The molecule has 19 heavy (non-hydrogen) atoms. The van der Waals surface area contributed by atoms with Gasteiger partial charge >= 0.3 is 12.0 Å². The van der Waals surface area contributed by atoms with E-state index in [0.717, 1.165) is 19.4 Å². The van der Waals surface area contributed by atoms with Crippen molar-refractivity contribution in [1.29, 1.82) is 0 Å². The van der Waals surface area contributed by atoms with Crippen molar-refractivity contribution < 1.29 is 19.4 Å². The van der Waals surface area contributed by atoms with Gasteiger partial charge in [-0.2, -0.15) is 0 Å². The molecule has 0 aromatic rings. The van der Waals surface area contributed by atoms with Crippen LogP contribution < -0.4 is 5.32 Å². The summed E-state index contributed by atoms with van der Waals surface area (Å²) in [6.07, 6.45) is 1.71. The molecule has 112 valence electrons. The topological polar surface area (TPSA) is 78.9 Å². The molecule has 0 rings (SSSR count). The van der Waals surface area contributed by atoms with Gasteiger partial charge in [-0.1, -0.05) is 6.92 Å². The Hall–Kier alpha value is -1.30. The van der Waals surface area contributed by atoms with Gasteiger partial charge in [-0.05, 0) is 26.7 Å². The van der Waals surface area contributed by atoms with E-state index in [4.69, 9.17) is 9.84 Å². The highest BCUT2D eigenvalue weighted by Crippen LogP contribution is 2.04. The molecule has 6 heteroatoms. The molecule has 0 radical (unpaired) electrons. The van der Waals surface area contributed by atoms with Gasteiger partial charge in [0, 0.05) is 32.3 Å². The van der Waals surface area contributed by atoms with Gasteiger partial charge in [-0.25, -0.2) is 4.79 Å². The Labute approximate surface area is 115 Å². The number of hydrogen-bond acceptors (Lipinski definition) is 3. The Balaban J connectivity index is 3.91. The first-order valence-electron chi connectivity index (χ1n) is 6.86. The zero-order valence-electron chi connectivity index (χ0n) is 12.1. The SMILES string of the molecule is CCCOCCCNC(=O)N(CC)C(C)CC(=O)O. The summed E-state index contributed by atoms with van der Waals surface area (Å²) >= 11 is 0. The van der Waals surface area contributed by atoms with E-state index in [-0.39, 0.29) is 18.5 Å². The molecule has 0 aromatic heterocycles. The Morgan fingerprint density at radius 1 is 1.32 bits per heavy atom. The molecule has 0 saturated carbocycles. The number of amides is 2. The lowest BCUT2D eigenvalue weighted by Crippen LogP contribution is -2.46. The number of carbonyl (C=O) groups excluding carboxylic acids is 1. The molecule has 0 aromatic carbocycles. The van der Waals surface area contributed by atoms with E-state index in [1.54, 1.807) is 6.92 Å². The molecule has 0 heterocycles. The standard InChI is InChI=1S/C13H26N2O4/c1-4-8-19-9-6-7-14-13(18)15(5-2)11(3)10-12(16)17/h11H,4-10H2,1-3H3,(H,14,18)(H,16,17). The fourth-order valence-corrected chi connectivity index (χ4v) is 1.74. The molecular weight excluding hydrogens is 248 g/mol. The monoisotopic (exact) mass is 274 g/mol. The van der Waals surface area contributed by atoms with Crippen LogP contribution in [0.1, 0.15) is 40.0 Å². The van der Waals surface area contributed by atoms with Crippen molar-refractivity contribution in [3.05, 3.63) is 0 Å². The van der Waals surface area contributed by atoms with Crippen molar-refractivity contribution in [2.24, 2.45) is 0 Å². The number of carbonyl (C=O) groups is 2. The Morgan fingerprint density at radius 3 is 2.53 bits per heavy atom. The maximum Gasteiger partial charge on any atom is 0.317 e. The number of aliphatic carboxylic acids is 1. The van der Waals surface area contributed by atoms with Crippen LogP contribution in [0.4, 0.5) is 4.79 Å². The molecule has 0 spiro atoms. The van der Waals surface area contributed by atoms with E-state index < -0.39 is 5.97 Å². The Kier molecular flexibility index (Phi) is 9.88. The Morgan fingerprint density at radius 2 is 2.00 bits per heavy atom. The number of rotatable bonds is 10. The lowest BCUT2D eigenvalue weighted by molar-refractivity contribution is -0.138. The van der Waals surface area contributed by atoms with Gasteiger partial charge in [0.1, 0.15) is 0 Å². The summed E-state index contributed by atoms with van der Waals surface area (Å²) in [6.45, 7) is 8.02. The third-order valence-electron chi connectivity index (χ3n) is 2.69. The summed E-state index contributed by atoms with van der Waals surface area (Å²) in [5.74, 6) is -0.897. The van der Waals surface area contributed by atoms with E-state index in [2.05, 4.69) is 5.32 Å². The molecular formula is C13H26N2O4. The van der Waals surface area contributed by atoms with Gasteiger partial charge in [-0.15, -0.1) is 0 Å². The van der Waals surface area contributed by atoms with E-state index >= 15 is 0 Å². The summed E-state index contributed by atoms with van der Waals surface area (Å²) in [6, 6.07) is -0.523. The van der Waals surface area contributed by atoms with E-state index in [1.165, 1.54) is 4.90 Å². The summed E-state index contributed by atoms with van der Waals surface area (Å²) in [4.78, 5) is 24.0. The summed E-state index contributed by atoms with van der Waals surface area (Å²) in [7, 11) is 0. The highest BCUT2D eigenvalue weighted by molar-refractivity contribution is 5.75. The van der Waals surface area contributed by atoms with Gasteiger partial charge in [-0.3, -0.25) is 4.79 Å². The second-order valence-corrected chi connectivity index (χ2v) is 4.43. The fraction of sp³-hybridized carbons (Fsp3) is 0.846. The third kappa shape index (κ3) is 8.42. The summed E-state index contributed by atoms with van der Waals surface area (Å²) in [5, 5.41) is 11.5. The lowest BCUT2D eigenvalue weighted by Gasteiger charge is -2.27. The Bertz CT molecular complexity index is 271. The van der Waals surface area contributed by atoms with Crippen LogP contribution in [0.3, 0.4) is 0 Å². The molecule has 0 aliphatic heterocycles. The van der Waals surface area contributed by atoms with Gasteiger partial charge in [0.05, 0.1) is 6.42 Å². The minimum absolute atomic E-state index is 0.0408. The molecule has 1 unspecified atom stereocenters. The van der Waals surface area contributed by atoms with Crippen LogP contribution in [0.2, 0.25) is 0 Å². The van der Waals surface area contributed by atoms with Crippen molar-refractivity contribution in [2.45, 2.75) is 46.1 Å². The van der Waals surface area contributed by atoms with Crippen LogP contribution in [0, 0.1) is 0 Å². The normalized spacial score (nSPS) is 11.9. The average molecular weight is 274 g/mol. The highest BCUT2D eigenvalue weighted by Gasteiger charge is 2.20. The van der Waals surface area contributed by atoms with Crippen molar-refractivity contribution in [1.82, 2.24) is 10.2 Å². The number of urea groups is 1. The van der Waals surface area contributed by atoms with Crippen LogP contribution in [0.25, 0.3) is 0 Å². The first-order chi connectivity index (χ1) is 9.02. The third-order valence-corrected chi connectivity index (χ3v) is 2.69. The fourth-order valence-electron chi connectivity index (χ4n) is 1.74. The van der Waals surface area contributed by atoms with Gasteiger partial charge < -0.3 is 20.1 Å². The lowest BCUT2D eigenvalue weighted by atomic mass is 10.2. The van der Waals surface area contributed by atoms with Crippen molar-refractivity contribution >= 4 is 12.0 Å². The first-order valence-corrected chi connectivity index (χ1v) is 6.86. The van der Waals surface area contributed by atoms with E-state index in [1.807, 2.05) is 13.8 Å². The quantitative estimate of drug-likeness (QED) is 0.594. The molecule has 0 aliphatic rings. The number of carboxylic acids is 1. The predicted molar refractivity (Wildman–Crippen MR) is 73.2 cm³/mol. The van der Waals surface area contributed by atoms with Crippen LogP contribution in [0.5, 0.6) is 0 Å². The maximum atomic E-state index is 11.9. The van der Waals surface area contributed by atoms with Crippen LogP contribution in [-0.2, 0) is 9.53 Å².